The maximum absolute atomic E-state index is 12.1. The summed E-state index contributed by atoms with van der Waals surface area (Å²) in [5.41, 5.74) is 0.209. The molecular weight excluding hydrogens is 302 g/mol. The third kappa shape index (κ3) is 5.36. The molecule has 128 valence electrons. The van der Waals surface area contributed by atoms with Crippen LogP contribution >= 0.6 is 0 Å². The van der Waals surface area contributed by atoms with Gasteiger partial charge in [-0.1, -0.05) is 13.3 Å². The Morgan fingerprint density at radius 2 is 1.65 bits per heavy atom. The Morgan fingerprint density at radius 1 is 1.04 bits per heavy atom. The first-order valence-electron chi connectivity index (χ1n) is 7.31. The average molecular weight is 325 g/mol. The van der Waals surface area contributed by atoms with Crippen molar-refractivity contribution >= 4 is 11.9 Å². The first-order chi connectivity index (χ1) is 11.1. The van der Waals surface area contributed by atoms with Gasteiger partial charge in [-0.3, -0.25) is 4.79 Å². The fourth-order valence-electron chi connectivity index (χ4n) is 1.87. The minimum absolute atomic E-state index is 0.209. The molecule has 0 radical (unpaired) electrons. The van der Waals surface area contributed by atoms with Gasteiger partial charge >= 0.3 is 5.97 Å². The first kappa shape index (κ1) is 18.6. The molecule has 0 aliphatic rings. The highest BCUT2D eigenvalue weighted by Crippen LogP contribution is 2.38. The van der Waals surface area contributed by atoms with Crippen LogP contribution in [0.15, 0.2) is 12.1 Å². The van der Waals surface area contributed by atoms with Crippen LogP contribution in [-0.4, -0.2) is 46.4 Å². The molecule has 0 heterocycles. The lowest BCUT2D eigenvalue weighted by molar-refractivity contribution is -0.124. The number of esters is 1. The summed E-state index contributed by atoms with van der Waals surface area (Å²) in [6.07, 6.45) is 1.86. The molecule has 0 aromatic heterocycles. The Labute approximate surface area is 135 Å². The molecule has 0 saturated heterocycles. The number of hydrogen-bond acceptors (Lipinski definition) is 6. The second-order valence-electron chi connectivity index (χ2n) is 4.69. The van der Waals surface area contributed by atoms with Crippen LogP contribution in [0.2, 0.25) is 0 Å². The average Bonchev–Trinajstić information content (AvgIpc) is 2.58. The Balaban J connectivity index is 2.74. The molecule has 1 aromatic carbocycles. The van der Waals surface area contributed by atoms with E-state index in [0.29, 0.717) is 23.8 Å². The molecule has 1 N–H and O–H groups in total. The lowest BCUT2D eigenvalue weighted by atomic mass is 10.2. The van der Waals surface area contributed by atoms with Gasteiger partial charge in [-0.05, 0) is 18.6 Å². The summed E-state index contributed by atoms with van der Waals surface area (Å²) in [4.78, 5) is 23.6. The van der Waals surface area contributed by atoms with Crippen molar-refractivity contribution in [3.63, 3.8) is 0 Å². The van der Waals surface area contributed by atoms with Crippen LogP contribution in [0.1, 0.15) is 30.1 Å². The molecule has 0 aliphatic heterocycles. The van der Waals surface area contributed by atoms with E-state index in [-0.39, 0.29) is 18.1 Å². The lowest BCUT2D eigenvalue weighted by Crippen LogP contribution is -2.29. The number of benzene rings is 1. The summed E-state index contributed by atoms with van der Waals surface area (Å²) in [6.45, 7) is 2.26. The minimum atomic E-state index is -0.644. The third-order valence-corrected chi connectivity index (χ3v) is 3.09. The highest BCUT2D eigenvalue weighted by molar-refractivity contribution is 5.92. The number of carbonyl (C=O) groups excluding carboxylic acids is 2. The molecule has 1 aromatic rings. The van der Waals surface area contributed by atoms with Crippen molar-refractivity contribution in [1.29, 1.82) is 0 Å². The van der Waals surface area contributed by atoms with E-state index >= 15 is 0 Å². The van der Waals surface area contributed by atoms with Gasteiger partial charge in [-0.15, -0.1) is 0 Å². The number of hydrogen-bond donors (Lipinski definition) is 1. The van der Waals surface area contributed by atoms with Crippen molar-refractivity contribution < 1.29 is 28.5 Å². The van der Waals surface area contributed by atoms with E-state index in [1.807, 2.05) is 6.92 Å². The second kappa shape index (κ2) is 9.55. The highest BCUT2D eigenvalue weighted by atomic mass is 16.5. The summed E-state index contributed by atoms with van der Waals surface area (Å²) in [5.74, 6) is 0.0791. The SMILES string of the molecule is CCCCNC(=O)COC(=O)c1cc(OC)c(OC)c(OC)c1. The molecule has 0 atom stereocenters. The van der Waals surface area contributed by atoms with Gasteiger partial charge in [0.15, 0.2) is 18.1 Å². The van der Waals surface area contributed by atoms with Gasteiger partial charge in [-0.2, -0.15) is 0 Å². The van der Waals surface area contributed by atoms with Crippen LogP contribution in [0.5, 0.6) is 17.2 Å². The van der Waals surface area contributed by atoms with Gasteiger partial charge in [0, 0.05) is 6.54 Å². The van der Waals surface area contributed by atoms with E-state index in [0.717, 1.165) is 12.8 Å². The number of ether oxygens (including phenoxy) is 4. The number of methoxy groups -OCH3 is 3. The molecule has 23 heavy (non-hydrogen) atoms. The second-order valence-corrected chi connectivity index (χ2v) is 4.69. The van der Waals surface area contributed by atoms with Crippen molar-refractivity contribution in [3.8, 4) is 17.2 Å². The zero-order valence-electron chi connectivity index (χ0n) is 13.9. The number of carbonyl (C=O) groups is 2. The van der Waals surface area contributed by atoms with E-state index in [2.05, 4.69) is 5.32 Å². The van der Waals surface area contributed by atoms with Crippen LogP contribution in [0.4, 0.5) is 0 Å². The first-order valence-corrected chi connectivity index (χ1v) is 7.31. The van der Waals surface area contributed by atoms with E-state index in [4.69, 9.17) is 18.9 Å². The number of rotatable bonds is 9. The lowest BCUT2D eigenvalue weighted by Gasteiger charge is -2.13. The van der Waals surface area contributed by atoms with Crippen LogP contribution in [0, 0.1) is 0 Å². The molecule has 1 amide bonds. The molecule has 0 fully saturated rings. The highest BCUT2D eigenvalue weighted by Gasteiger charge is 2.18. The summed E-state index contributed by atoms with van der Waals surface area (Å²) >= 11 is 0. The van der Waals surface area contributed by atoms with Crippen molar-refractivity contribution in [3.05, 3.63) is 17.7 Å². The zero-order chi connectivity index (χ0) is 17.2. The van der Waals surface area contributed by atoms with Crippen LogP contribution in [0.25, 0.3) is 0 Å². The molecule has 0 bridgehead atoms. The summed E-state index contributed by atoms with van der Waals surface area (Å²) in [5, 5.41) is 2.67. The molecule has 7 nitrogen and oxygen atoms in total. The summed E-state index contributed by atoms with van der Waals surface area (Å²) in [7, 11) is 4.38. The standard InChI is InChI=1S/C16H23NO6/c1-5-6-7-17-14(18)10-23-16(19)11-8-12(20-2)15(22-4)13(9-11)21-3/h8-9H,5-7,10H2,1-4H3,(H,17,18). The van der Waals surface area contributed by atoms with E-state index in [9.17, 15) is 9.59 Å². The molecule has 1 rings (SSSR count). The Morgan fingerprint density at radius 3 is 2.13 bits per heavy atom. The molecule has 0 spiro atoms. The number of nitrogens with one attached hydrogen (secondary N) is 1. The van der Waals surface area contributed by atoms with Gasteiger partial charge < -0.3 is 24.3 Å². The summed E-state index contributed by atoms with van der Waals surface area (Å²) < 4.78 is 20.5. The largest absolute Gasteiger partial charge is 0.493 e. The fourth-order valence-corrected chi connectivity index (χ4v) is 1.87. The predicted octanol–water partition coefficient (Wildman–Crippen LogP) is 1.79. The molecule has 0 saturated carbocycles. The van der Waals surface area contributed by atoms with Crippen LogP contribution in [0.3, 0.4) is 0 Å². The van der Waals surface area contributed by atoms with Crippen LogP contribution < -0.4 is 19.5 Å². The van der Waals surface area contributed by atoms with Gasteiger partial charge in [0.25, 0.3) is 5.91 Å². The molecule has 0 unspecified atom stereocenters. The van der Waals surface area contributed by atoms with Gasteiger partial charge in [-0.25, -0.2) is 4.79 Å². The zero-order valence-corrected chi connectivity index (χ0v) is 13.9. The van der Waals surface area contributed by atoms with Gasteiger partial charge in [0.1, 0.15) is 0 Å². The van der Waals surface area contributed by atoms with E-state index < -0.39 is 5.97 Å². The molecule has 7 heteroatoms. The fraction of sp³-hybridized carbons (Fsp3) is 0.500. The van der Waals surface area contributed by atoms with Crippen molar-refractivity contribution in [1.82, 2.24) is 5.32 Å². The summed E-state index contributed by atoms with van der Waals surface area (Å²) in [6, 6.07) is 2.94. The van der Waals surface area contributed by atoms with Gasteiger partial charge in [0.2, 0.25) is 5.75 Å². The normalized spacial score (nSPS) is 9.91. The van der Waals surface area contributed by atoms with Crippen molar-refractivity contribution in [2.75, 3.05) is 34.5 Å². The minimum Gasteiger partial charge on any atom is -0.493 e. The number of unbranched alkanes of at least 4 members (excludes halogenated alkanes) is 1. The Hall–Kier alpha value is -2.44. The number of amides is 1. The third-order valence-electron chi connectivity index (χ3n) is 3.09. The van der Waals surface area contributed by atoms with E-state index in [1.54, 1.807) is 0 Å². The Bertz CT molecular complexity index is 518. The molecular formula is C16H23NO6. The monoisotopic (exact) mass is 325 g/mol. The van der Waals surface area contributed by atoms with E-state index in [1.165, 1.54) is 33.5 Å². The van der Waals surface area contributed by atoms with Crippen LogP contribution in [-0.2, 0) is 9.53 Å². The smallest absolute Gasteiger partial charge is 0.338 e. The van der Waals surface area contributed by atoms with Crippen molar-refractivity contribution in [2.45, 2.75) is 19.8 Å². The van der Waals surface area contributed by atoms with Crippen molar-refractivity contribution in [2.24, 2.45) is 0 Å². The molecule has 0 aliphatic carbocycles. The maximum Gasteiger partial charge on any atom is 0.338 e. The topological polar surface area (TPSA) is 83.1 Å². The van der Waals surface area contributed by atoms with Gasteiger partial charge in [0.05, 0.1) is 26.9 Å². The maximum atomic E-state index is 12.1. The quantitative estimate of drug-likeness (QED) is 0.550. The Kier molecular flexibility index (Phi) is 7.73. The predicted molar refractivity (Wildman–Crippen MR) is 84.3 cm³/mol.